The number of hydrogen-bond acceptors (Lipinski definition) is 7. The number of carbonyl (C=O) groups is 4. The van der Waals surface area contributed by atoms with Gasteiger partial charge < -0.3 is 10.8 Å². The summed E-state index contributed by atoms with van der Waals surface area (Å²) in [5, 5.41) is 11.5. The number of aliphatic hydroxyl groups is 1. The summed E-state index contributed by atoms with van der Waals surface area (Å²) in [6, 6.07) is 4.06. The largest absolute Gasteiger partial charge is 0.395 e. The van der Waals surface area contributed by atoms with Crippen LogP contribution in [0.2, 0.25) is 0 Å². The normalized spacial score (nSPS) is 19.4. The van der Waals surface area contributed by atoms with E-state index in [1.807, 2.05) is 4.90 Å². The number of fused-ring (bicyclic) bond motifs is 1. The van der Waals surface area contributed by atoms with Crippen molar-refractivity contribution in [1.82, 2.24) is 15.1 Å². The molecule has 1 saturated heterocycles. The molecule has 0 radical (unpaired) electrons. The summed E-state index contributed by atoms with van der Waals surface area (Å²) in [4.78, 5) is 52.4. The van der Waals surface area contributed by atoms with Crippen LogP contribution in [0.25, 0.3) is 0 Å². The van der Waals surface area contributed by atoms with E-state index in [9.17, 15) is 24.3 Å². The van der Waals surface area contributed by atoms with Crippen molar-refractivity contribution in [2.75, 3.05) is 26.2 Å². The number of rotatable bonds is 8. The Morgan fingerprint density at radius 1 is 1.18 bits per heavy atom. The molecule has 0 aromatic heterocycles. The fourth-order valence-electron chi connectivity index (χ4n) is 3.68. The van der Waals surface area contributed by atoms with Crippen LogP contribution in [0.3, 0.4) is 0 Å². The lowest BCUT2D eigenvalue weighted by molar-refractivity contribution is -0.136. The van der Waals surface area contributed by atoms with Gasteiger partial charge in [0, 0.05) is 19.5 Å². The summed E-state index contributed by atoms with van der Waals surface area (Å²) in [5.41, 5.74) is 6.77. The van der Waals surface area contributed by atoms with Gasteiger partial charge >= 0.3 is 0 Å². The van der Waals surface area contributed by atoms with Gasteiger partial charge in [0.15, 0.2) is 0 Å². The predicted octanol–water partition coefficient (Wildman–Crippen LogP) is -0.769. The maximum absolute atomic E-state index is 13.1. The van der Waals surface area contributed by atoms with Gasteiger partial charge in [0.05, 0.1) is 17.7 Å². The Balaban J connectivity index is 1.87. The molecule has 9 nitrogen and oxygen atoms in total. The van der Waals surface area contributed by atoms with Gasteiger partial charge in [-0.05, 0) is 37.6 Å². The van der Waals surface area contributed by atoms with Crippen LogP contribution in [-0.2, 0) is 16.1 Å². The summed E-state index contributed by atoms with van der Waals surface area (Å²) in [6.45, 7) is 1.93. The monoisotopic (exact) mass is 388 g/mol. The van der Waals surface area contributed by atoms with E-state index in [0.717, 1.165) is 11.3 Å². The summed E-state index contributed by atoms with van der Waals surface area (Å²) >= 11 is 0. The number of imide groups is 2. The first-order valence-corrected chi connectivity index (χ1v) is 9.34. The van der Waals surface area contributed by atoms with Crippen molar-refractivity contribution in [3.8, 4) is 0 Å². The van der Waals surface area contributed by atoms with E-state index >= 15 is 0 Å². The molecule has 2 heterocycles. The molecule has 3 rings (SSSR count). The molecular weight excluding hydrogens is 364 g/mol. The van der Waals surface area contributed by atoms with Crippen LogP contribution in [0.15, 0.2) is 18.2 Å². The lowest BCUT2D eigenvalue weighted by Gasteiger charge is -2.28. The van der Waals surface area contributed by atoms with Gasteiger partial charge in [-0.3, -0.25) is 34.3 Å². The van der Waals surface area contributed by atoms with Gasteiger partial charge in [-0.1, -0.05) is 12.1 Å². The zero-order valence-corrected chi connectivity index (χ0v) is 15.5. The van der Waals surface area contributed by atoms with Crippen molar-refractivity contribution in [2.45, 2.75) is 31.8 Å². The SMILES string of the molecule is NCCCN(CCO)Cc1cccc2c1C(=O)N(C1CCC(=O)NC1=O)C2=O. The fourth-order valence-corrected chi connectivity index (χ4v) is 3.68. The first kappa shape index (κ1) is 20.1. The Labute approximate surface area is 162 Å². The minimum Gasteiger partial charge on any atom is -0.395 e. The lowest BCUT2D eigenvalue weighted by atomic mass is 10.0. The molecule has 9 heteroatoms. The number of benzene rings is 1. The molecule has 150 valence electrons. The highest BCUT2D eigenvalue weighted by molar-refractivity contribution is 6.24. The minimum absolute atomic E-state index is 0.0329. The zero-order valence-electron chi connectivity index (χ0n) is 15.5. The van der Waals surface area contributed by atoms with E-state index in [2.05, 4.69) is 5.32 Å². The smallest absolute Gasteiger partial charge is 0.262 e. The number of nitrogens with one attached hydrogen (secondary N) is 1. The molecule has 1 aromatic rings. The zero-order chi connectivity index (χ0) is 20.3. The summed E-state index contributed by atoms with van der Waals surface area (Å²) in [5.74, 6) is -2.07. The van der Waals surface area contributed by atoms with Crippen LogP contribution in [-0.4, -0.2) is 70.8 Å². The van der Waals surface area contributed by atoms with Crippen LogP contribution in [0, 0.1) is 0 Å². The molecule has 1 unspecified atom stereocenters. The number of piperidine rings is 1. The van der Waals surface area contributed by atoms with Gasteiger partial charge in [0.2, 0.25) is 11.8 Å². The second kappa shape index (κ2) is 8.59. The second-order valence-corrected chi connectivity index (χ2v) is 6.93. The quantitative estimate of drug-likeness (QED) is 0.498. The minimum atomic E-state index is -0.983. The first-order valence-electron chi connectivity index (χ1n) is 9.34. The van der Waals surface area contributed by atoms with E-state index in [1.54, 1.807) is 18.2 Å². The van der Waals surface area contributed by atoms with Gasteiger partial charge in [-0.15, -0.1) is 0 Å². The molecule has 4 N–H and O–H groups in total. The van der Waals surface area contributed by atoms with Crippen LogP contribution in [0.5, 0.6) is 0 Å². The van der Waals surface area contributed by atoms with Crippen molar-refractivity contribution < 1.29 is 24.3 Å². The molecule has 0 saturated carbocycles. The van der Waals surface area contributed by atoms with Crippen molar-refractivity contribution >= 4 is 23.6 Å². The molecule has 1 aromatic carbocycles. The highest BCUT2D eigenvalue weighted by atomic mass is 16.3. The van der Waals surface area contributed by atoms with Gasteiger partial charge in [0.1, 0.15) is 6.04 Å². The van der Waals surface area contributed by atoms with E-state index in [-0.39, 0.29) is 30.6 Å². The Bertz CT molecular complexity index is 810. The number of nitrogens with two attached hydrogens (primary N) is 1. The molecule has 2 aliphatic rings. The molecule has 28 heavy (non-hydrogen) atoms. The molecule has 0 aliphatic carbocycles. The number of carbonyl (C=O) groups excluding carboxylic acids is 4. The van der Waals surface area contributed by atoms with E-state index in [0.29, 0.717) is 31.7 Å². The third kappa shape index (κ3) is 3.82. The number of nitrogens with zero attached hydrogens (tertiary/aromatic N) is 2. The van der Waals surface area contributed by atoms with Gasteiger partial charge in [-0.25, -0.2) is 0 Å². The average molecular weight is 388 g/mol. The van der Waals surface area contributed by atoms with Gasteiger partial charge in [-0.2, -0.15) is 0 Å². The number of aliphatic hydroxyl groups excluding tert-OH is 1. The van der Waals surface area contributed by atoms with Crippen LogP contribution in [0.1, 0.15) is 45.5 Å². The standard InChI is InChI=1S/C19H24N4O5/c20-7-2-8-22(9-10-24)11-12-3-1-4-13-16(12)19(28)23(18(13)27)14-5-6-15(25)21-17(14)26/h1,3-4,14,24H,2,5-11,20H2,(H,21,25,26). The summed E-state index contributed by atoms with van der Waals surface area (Å²) < 4.78 is 0. The Hall–Kier alpha value is -2.62. The Morgan fingerprint density at radius 3 is 2.64 bits per heavy atom. The van der Waals surface area contributed by atoms with Crippen LogP contribution < -0.4 is 11.1 Å². The highest BCUT2D eigenvalue weighted by Gasteiger charge is 2.45. The molecule has 0 spiro atoms. The van der Waals surface area contributed by atoms with Crippen molar-refractivity contribution in [3.05, 3.63) is 34.9 Å². The molecule has 2 aliphatic heterocycles. The third-order valence-corrected chi connectivity index (χ3v) is 5.04. The summed E-state index contributed by atoms with van der Waals surface area (Å²) in [6.07, 6.45) is 0.947. The van der Waals surface area contributed by atoms with Crippen molar-refractivity contribution in [2.24, 2.45) is 5.73 Å². The Kier molecular flexibility index (Phi) is 6.18. The average Bonchev–Trinajstić information content (AvgIpc) is 2.92. The fraction of sp³-hybridized carbons (Fsp3) is 0.474. The second-order valence-electron chi connectivity index (χ2n) is 6.93. The van der Waals surface area contributed by atoms with Crippen molar-refractivity contribution in [3.63, 3.8) is 0 Å². The number of hydrogen-bond donors (Lipinski definition) is 3. The molecule has 1 atom stereocenters. The van der Waals surface area contributed by atoms with Crippen LogP contribution >= 0.6 is 0 Å². The highest BCUT2D eigenvalue weighted by Crippen LogP contribution is 2.30. The van der Waals surface area contributed by atoms with Crippen LogP contribution in [0.4, 0.5) is 0 Å². The maximum atomic E-state index is 13.1. The maximum Gasteiger partial charge on any atom is 0.262 e. The Morgan fingerprint density at radius 2 is 1.96 bits per heavy atom. The molecule has 0 bridgehead atoms. The number of amides is 4. The summed E-state index contributed by atoms with van der Waals surface area (Å²) in [7, 11) is 0. The van der Waals surface area contributed by atoms with Gasteiger partial charge in [0.25, 0.3) is 11.8 Å². The van der Waals surface area contributed by atoms with E-state index in [4.69, 9.17) is 5.73 Å². The molecule has 1 fully saturated rings. The lowest BCUT2D eigenvalue weighted by Crippen LogP contribution is -2.54. The first-order chi connectivity index (χ1) is 13.5. The molecular formula is C19H24N4O5. The van der Waals surface area contributed by atoms with E-state index < -0.39 is 29.7 Å². The third-order valence-electron chi connectivity index (χ3n) is 5.04. The predicted molar refractivity (Wildman–Crippen MR) is 99.1 cm³/mol. The molecule has 4 amide bonds. The van der Waals surface area contributed by atoms with Crippen molar-refractivity contribution in [1.29, 1.82) is 0 Å². The van der Waals surface area contributed by atoms with E-state index in [1.165, 1.54) is 0 Å². The topological polar surface area (TPSA) is 133 Å².